The highest BCUT2D eigenvalue weighted by atomic mass is 35.5. The van der Waals surface area contributed by atoms with Gasteiger partial charge >= 0.3 is 0 Å². The summed E-state index contributed by atoms with van der Waals surface area (Å²) in [6, 6.07) is 14.2. The molecule has 0 aliphatic carbocycles. The van der Waals surface area contributed by atoms with E-state index >= 15 is 0 Å². The van der Waals surface area contributed by atoms with E-state index in [2.05, 4.69) is 37.1 Å². The van der Waals surface area contributed by atoms with E-state index in [4.69, 9.17) is 11.6 Å². The van der Waals surface area contributed by atoms with Gasteiger partial charge in [0, 0.05) is 12.1 Å². The van der Waals surface area contributed by atoms with E-state index in [0.717, 1.165) is 28.7 Å². The minimum absolute atomic E-state index is 0.144. The summed E-state index contributed by atoms with van der Waals surface area (Å²) in [5, 5.41) is 9.19. The summed E-state index contributed by atoms with van der Waals surface area (Å²) in [6.45, 7) is 7.35. The van der Waals surface area contributed by atoms with Gasteiger partial charge < -0.3 is 0 Å². The van der Waals surface area contributed by atoms with Crippen molar-refractivity contribution >= 4 is 22.6 Å². The molecule has 4 heteroatoms. The van der Waals surface area contributed by atoms with Crippen molar-refractivity contribution in [2.45, 2.75) is 27.3 Å². The minimum atomic E-state index is 0.144. The number of fused-ring (bicyclic) bond motifs is 1. The van der Waals surface area contributed by atoms with Crippen molar-refractivity contribution in [1.29, 1.82) is 0 Å². The molecular weight excluding hydrogens is 282 g/mol. The summed E-state index contributed by atoms with van der Waals surface area (Å²) < 4.78 is 1.93. The fraction of sp³-hybridized carbons (Fsp3) is 0.294. The predicted octanol–water partition coefficient (Wildman–Crippen LogP) is 4.80. The number of halogens is 1. The molecule has 0 amide bonds. The van der Waals surface area contributed by atoms with Crippen molar-refractivity contribution in [3.8, 4) is 11.1 Å². The van der Waals surface area contributed by atoms with Crippen LogP contribution < -0.4 is 0 Å². The van der Waals surface area contributed by atoms with Crippen LogP contribution in [-0.2, 0) is 6.54 Å². The summed E-state index contributed by atoms with van der Waals surface area (Å²) in [5.41, 5.74) is 3.98. The van der Waals surface area contributed by atoms with Crippen LogP contribution in [0.25, 0.3) is 22.2 Å². The van der Waals surface area contributed by atoms with Gasteiger partial charge in [-0.3, -0.25) is 0 Å². The van der Waals surface area contributed by atoms with E-state index < -0.39 is 0 Å². The molecule has 0 bridgehead atoms. The van der Waals surface area contributed by atoms with Gasteiger partial charge in [-0.15, -0.1) is 5.10 Å². The molecule has 3 nitrogen and oxygen atoms in total. The number of benzene rings is 2. The lowest BCUT2D eigenvalue weighted by Gasteiger charge is -2.18. The van der Waals surface area contributed by atoms with Crippen LogP contribution in [0.2, 0.25) is 5.02 Å². The minimum Gasteiger partial charge on any atom is -0.244 e. The van der Waals surface area contributed by atoms with Crippen molar-refractivity contribution in [3.63, 3.8) is 0 Å². The van der Waals surface area contributed by atoms with E-state index in [-0.39, 0.29) is 5.41 Å². The van der Waals surface area contributed by atoms with Crippen molar-refractivity contribution in [2.24, 2.45) is 5.41 Å². The fourth-order valence-corrected chi connectivity index (χ4v) is 2.72. The molecule has 0 aliphatic rings. The van der Waals surface area contributed by atoms with E-state index in [1.807, 2.05) is 41.1 Å². The lowest BCUT2D eigenvalue weighted by Crippen LogP contribution is -2.16. The van der Waals surface area contributed by atoms with Crippen LogP contribution in [0.15, 0.2) is 42.5 Å². The summed E-state index contributed by atoms with van der Waals surface area (Å²) in [6.07, 6.45) is 0. The molecule has 0 saturated heterocycles. The fourth-order valence-electron chi connectivity index (χ4n) is 2.41. The van der Waals surface area contributed by atoms with Gasteiger partial charge in [-0.2, -0.15) is 0 Å². The van der Waals surface area contributed by atoms with Crippen LogP contribution in [0.1, 0.15) is 20.8 Å². The number of hydrogen-bond acceptors (Lipinski definition) is 2. The van der Waals surface area contributed by atoms with Crippen molar-refractivity contribution in [2.75, 3.05) is 0 Å². The van der Waals surface area contributed by atoms with E-state index in [0.29, 0.717) is 5.02 Å². The smallest absolute Gasteiger partial charge is 0.132 e. The van der Waals surface area contributed by atoms with E-state index in [1.165, 1.54) is 0 Å². The molecule has 1 aromatic heterocycles. The second kappa shape index (κ2) is 5.15. The first-order valence-corrected chi connectivity index (χ1v) is 7.41. The van der Waals surface area contributed by atoms with Crippen LogP contribution in [0.4, 0.5) is 0 Å². The normalized spacial score (nSPS) is 12.0. The molecule has 0 spiro atoms. The van der Waals surface area contributed by atoms with Gasteiger partial charge in [0.15, 0.2) is 0 Å². The average Bonchev–Trinajstić information content (AvgIpc) is 2.82. The lowest BCUT2D eigenvalue weighted by molar-refractivity contribution is 0.327. The summed E-state index contributed by atoms with van der Waals surface area (Å²) in [4.78, 5) is 0. The van der Waals surface area contributed by atoms with Crippen molar-refractivity contribution in [1.82, 2.24) is 15.0 Å². The first kappa shape index (κ1) is 14.1. The third-order valence-electron chi connectivity index (χ3n) is 3.33. The molecule has 2 aromatic carbocycles. The summed E-state index contributed by atoms with van der Waals surface area (Å²) in [5.74, 6) is 0. The maximum absolute atomic E-state index is 6.54. The monoisotopic (exact) mass is 299 g/mol. The molecule has 108 valence electrons. The number of aromatic nitrogens is 3. The Kier molecular flexibility index (Phi) is 3.46. The third-order valence-corrected chi connectivity index (χ3v) is 3.72. The van der Waals surface area contributed by atoms with Crippen molar-refractivity contribution in [3.05, 3.63) is 47.5 Å². The molecule has 3 aromatic rings. The lowest BCUT2D eigenvalue weighted by atomic mass is 9.97. The van der Waals surface area contributed by atoms with Crippen LogP contribution >= 0.6 is 11.6 Å². The zero-order chi connectivity index (χ0) is 15.0. The van der Waals surface area contributed by atoms with E-state index in [9.17, 15) is 0 Å². The molecule has 0 saturated carbocycles. The predicted molar refractivity (Wildman–Crippen MR) is 87.4 cm³/mol. The third kappa shape index (κ3) is 2.79. The molecule has 3 rings (SSSR count). The van der Waals surface area contributed by atoms with Crippen LogP contribution in [0.3, 0.4) is 0 Å². The van der Waals surface area contributed by atoms with E-state index in [1.54, 1.807) is 0 Å². The molecular formula is C17H18ClN3. The van der Waals surface area contributed by atoms with Gasteiger partial charge in [-0.1, -0.05) is 74.0 Å². The molecule has 0 aliphatic heterocycles. The Morgan fingerprint density at radius 1 is 1.05 bits per heavy atom. The maximum atomic E-state index is 6.54. The largest absolute Gasteiger partial charge is 0.244 e. The SMILES string of the molecule is CC(C)(C)Cn1nnc2c(Cl)c(-c3ccccc3)ccc21. The van der Waals surface area contributed by atoms with Crippen molar-refractivity contribution < 1.29 is 0 Å². The molecule has 0 atom stereocenters. The van der Waals surface area contributed by atoms with Gasteiger partial charge in [0.25, 0.3) is 0 Å². The Balaban J connectivity index is 2.11. The number of hydrogen-bond donors (Lipinski definition) is 0. The first-order chi connectivity index (χ1) is 9.96. The highest BCUT2D eigenvalue weighted by Crippen LogP contribution is 2.33. The van der Waals surface area contributed by atoms with Gasteiger partial charge in [-0.25, -0.2) is 4.68 Å². The highest BCUT2D eigenvalue weighted by Gasteiger charge is 2.17. The zero-order valence-electron chi connectivity index (χ0n) is 12.5. The number of rotatable bonds is 2. The molecule has 21 heavy (non-hydrogen) atoms. The van der Waals surface area contributed by atoms with Gasteiger partial charge in [0.1, 0.15) is 5.52 Å². The molecule has 0 fully saturated rings. The Morgan fingerprint density at radius 2 is 1.76 bits per heavy atom. The zero-order valence-corrected chi connectivity index (χ0v) is 13.2. The first-order valence-electron chi connectivity index (χ1n) is 7.03. The van der Waals surface area contributed by atoms with Gasteiger partial charge in [0.2, 0.25) is 0 Å². The summed E-state index contributed by atoms with van der Waals surface area (Å²) in [7, 11) is 0. The molecule has 0 unspecified atom stereocenters. The molecule has 1 heterocycles. The Morgan fingerprint density at radius 3 is 2.43 bits per heavy atom. The van der Waals surface area contributed by atoms with Crippen LogP contribution in [0.5, 0.6) is 0 Å². The molecule has 0 radical (unpaired) electrons. The van der Waals surface area contributed by atoms with Gasteiger partial charge in [-0.05, 0) is 17.0 Å². The van der Waals surface area contributed by atoms with Gasteiger partial charge in [0.05, 0.1) is 10.5 Å². The second-order valence-corrected chi connectivity index (χ2v) is 6.85. The standard InChI is InChI=1S/C17H18ClN3/c1-17(2,3)11-21-14-10-9-13(12-7-5-4-6-8-12)15(18)16(14)19-20-21/h4-10H,11H2,1-3H3. The number of nitrogens with zero attached hydrogens (tertiary/aromatic N) is 3. The second-order valence-electron chi connectivity index (χ2n) is 6.47. The Bertz CT molecular complexity index is 770. The summed E-state index contributed by atoms with van der Waals surface area (Å²) >= 11 is 6.54. The maximum Gasteiger partial charge on any atom is 0.132 e. The van der Waals surface area contributed by atoms with Crippen LogP contribution in [0, 0.1) is 5.41 Å². The quantitative estimate of drug-likeness (QED) is 0.680. The average molecular weight is 300 g/mol. The Hall–Kier alpha value is -1.87. The molecule has 0 N–H and O–H groups in total. The topological polar surface area (TPSA) is 30.7 Å². The Labute approximate surface area is 129 Å². The highest BCUT2D eigenvalue weighted by molar-refractivity contribution is 6.37. The van der Waals surface area contributed by atoms with Crippen LogP contribution in [-0.4, -0.2) is 15.0 Å².